The number of halogens is 8. The lowest BCUT2D eigenvalue weighted by Crippen LogP contribution is -2.10. The summed E-state index contributed by atoms with van der Waals surface area (Å²) in [5, 5.41) is 0. The van der Waals surface area contributed by atoms with E-state index in [9.17, 15) is 35.1 Å². The number of nitrogen functional groups attached to an aromatic ring is 2. The van der Waals surface area contributed by atoms with Crippen molar-refractivity contribution < 1.29 is 44.6 Å². The van der Waals surface area contributed by atoms with Gasteiger partial charge in [-0.05, 0) is 12.1 Å². The SMILES string of the molecule is Nc1cc(Oc2ccc(C(F)(F)F)c(Oc3cc(N)c(F)cc3F)c2F)c(F)cc1F. The van der Waals surface area contributed by atoms with Gasteiger partial charge in [-0.25, -0.2) is 17.6 Å². The first kappa shape index (κ1) is 22.0. The van der Waals surface area contributed by atoms with E-state index in [1.807, 2.05) is 0 Å². The lowest BCUT2D eigenvalue weighted by Gasteiger charge is -2.17. The number of anilines is 2. The van der Waals surface area contributed by atoms with E-state index in [-0.39, 0.29) is 6.07 Å². The predicted molar refractivity (Wildman–Crippen MR) is 93.1 cm³/mol. The first-order valence-electron chi connectivity index (χ1n) is 8.13. The van der Waals surface area contributed by atoms with Gasteiger partial charge in [0.25, 0.3) is 0 Å². The van der Waals surface area contributed by atoms with Crippen LogP contribution in [0.4, 0.5) is 46.5 Å². The molecule has 0 spiro atoms. The molecule has 0 bridgehead atoms. The van der Waals surface area contributed by atoms with Crippen LogP contribution in [0.2, 0.25) is 0 Å². The molecule has 0 saturated heterocycles. The second kappa shape index (κ2) is 7.85. The molecule has 0 heterocycles. The van der Waals surface area contributed by atoms with Gasteiger partial charge in [0.15, 0.2) is 34.6 Å². The molecule has 3 aromatic carbocycles. The number of rotatable bonds is 4. The molecule has 0 amide bonds. The molecular formula is C19H10F8N2O2. The van der Waals surface area contributed by atoms with Crippen molar-refractivity contribution in [1.82, 2.24) is 0 Å². The Labute approximate surface area is 168 Å². The molecule has 0 aromatic heterocycles. The number of hydrogen-bond donors (Lipinski definition) is 2. The molecule has 3 aromatic rings. The van der Waals surface area contributed by atoms with Gasteiger partial charge in [0, 0.05) is 24.3 Å². The van der Waals surface area contributed by atoms with Gasteiger partial charge < -0.3 is 20.9 Å². The summed E-state index contributed by atoms with van der Waals surface area (Å²) in [6.07, 6.45) is -5.16. The van der Waals surface area contributed by atoms with Gasteiger partial charge in [0.05, 0.1) is 11.4 Å². The minimum atomic E-state index is -5.16. The van der Waals surface area contributed by atoms with E-state index in [4.69, 9.17) is 20.9 Å². The number of alkyl halides is 3. The first-order chi connectivity index (χ1) is 14.4. The van der Waals surface area contributed by atoms with Gasteiger partial charge in [-0.3, -0.25) is 0 Å². The molecule has 4 N–H and O–H groups in total. The number of benzene rings is 3. The first-order valence-corrected chi connectivity index (χ1v) is 8.13. The molecule has 0 aliphatic carbocycles. The van der Waals surface area contributed by atoms with Crippen molar-refractivity contribution in [2.45, 2.75) is 6.18 Å². The summed E-state index contributed by atoms with van der Waals surface area (Å²) in [6.45, 7) is 0. The molecule has 0 aliphatic heterocycles. The Morgan fingerprint density at radius 2 is 1.10 bits per heavy atom. The van der Waals surface area contributed by atoms with Crippen LogP contribution in [0, 0.1) is 29.1 Å². The highest BCUT2D eigenvalue weighted by molar-refractivity contribution is 5.52. The average Bonchev–Trinajstić information content (AvgIpc) is 2.66. The maximum absolute atomic E-state index is 14.9. The number of nitrogens with two attached hydrogens (primary N) is 2. The summed E-state index contributed by atoms with van der Waals surface area (Å²) < 4.78 is 119. The maximum Gasteiger partial charge on any atom is 0.420 e. The topological polar surface area (TPSA) is 70.5 Å². The Balaban J connectivity index is 2.11. The fraction of sp³-hybridized carbons (Fsp3) is 0.0526. The van der Waals surface area contributed by atoms with Gasteiger partial charge in [0.1, 0.15) is 17.2 Å². The van der Waals surface area contributed by atoms with Crippen LogP contribution in [-0.4, -0.2) is 0 Å². The Bertz CT molecular complexity index is 1160. The van der Waals surface area contributed by atoms with Crippen LogP contribution >= 0.6 is 0 Å². The molecule has 4 nitrogen and oxygen atoms in total. The fourth-order valence-corrected chi connectivity index (χ4v) is 2.41. The van der Waals surface area contributed by atoms with Crippen LogP contribution in [0.15, 0.2) is 36.4 Å². The highest BCUT2D eigenvalue weighted by Gasteiger charge is 2.37. The van der Waals surface area contributed by atoms with Crippen LogP contribution in [-0.2, 0) is 6.18 Å². The summed E-state index contributed by atoms with van der Waals surface area (Å²) in [5.41, 5.74) is 7.56. The minimum Gasteiger partial charge on any atom is -0.451 e. The molecule has 0 atom stereocenters. The van der Waals surface area contributed by atoms with Crippen molar-refractivity contribution in [3.05, 3.63) is 71.0 Å². The van der Waals surface area contributed by atoms with Crippen molar-refractivity contribution >= 4 is 11.4 Å². The molecule has 3 rings (SSSR count). The third-order valence-corrected chi connectivity index (χ3v) is 3.90. The number of hydrogen-bond acceptors (Lipinski definition) is 4. The highest BCUT2D eigenvalue weighted by atomic mass is 19.4. The summed E-state index contributed by atoms with van der Waals surface area (Å²) >= 11 is 0. The Kier molecular flexibility index (Phi) is 5.57. The van der Waals surface area contributed by atoms with Crippen LogP contribution in [0.25, 0.3) is 0 Å². The molecule has 12 heteroatoms. The quantitative estimate of drug-likeness (QED) is 0.370. The Hall–Kier alpha value is -3.70. The molecule has 0 radical (unpaired) electrons. The van der Waals surface area contributed by atoms with Crippen LogP contribution in [0.3, 0.4) is 0 Å². The van der Waals surface area contributed by atoms with Gasteiger partial charge in [-0.2, -0.15) is 17.6 Å². The molecule has 0 fully saturated rings. The minimum absolute atomic E-state index is 0.229. The molecule has 0 unspecified atom stereocenters. The van der Waals surface area contributed by atoms with Crippen molar-refractivity contribution in [2.24, 2.45) is 0 Å². The molecular weight excluding hydrogens is 440 g/mol. The van der Waals surface area contributed by atoms with Crippen molar-refractivity contribution in [3.8, 4) is 23.0 Å². The van der Waals surface area contributed by atoms with Gasteiger partial charge in [0.2, 0.25) is 5.82 Å². The maximum atomic E-state index is 14.9. The summed E-state index contributed by atoms with van der Waals surface area (Å²) in [5.74, 6) is -11.3. The largest absolute Gasteiger partial charge is 0.451 e. The standard InChI is InChI=1S/C19H10F8N2O2/c20-8-3-10(22)15(5-12(8)28)30-14-2-1-7(19(25,26)27)18(17(14)24)31-16-6-13(29)9(21)4-11(16)23/h1-6H,28-29H2. The fourth-order valence-electron chi connectivity index (χ4n) is 2.41. The van der Waals surface area contributed by atoms with E-state index in [0.29, 0.717) is 30.3 Å². The van der Waals surface area contributed by atoms with E-state index in [0.717, 1.165) is 0 Å². The average molecular weight is 450 g/mol. The van der Waals surface area contributed by atoms with Crippen LogP contribution in [0.5, 0.6) is 23.0 Å². The smallest absolute Gasteiger partial charge is 0.420 e. The lowest BCUT2D eigenvalue weighted by molar-refractivity contribution is -0.138. The lowest BCUT2D eigenvalue weighted by atomic mass is 10.1. The van der Waals surface area contributed by atoms with Crippen LogP contribution < -0.4 is 20.9 Å². The molecule has 31 heavy (non-hydrogen) atoms. The van der Waals surface area contributed by atoms with Crippen molar-refractivity contribution in [1.29, 1.82) is 0 Å². The third kappa shape index (κ3) is 4.42. The zero-order valence-corrected chi connectivity index (χ0v) is 15.0. The summed E-state index contributed by atoms with van der Waals surface area (Å²) in [4.78, 5) is 0. The van der Waals surface area contributed by atoms with E-state index in [1.165, 1.54) is 0 Å². The Morgan fingerprint density at radius 1 is 0.613 bits per heavy atom. The molecule has 0 saturated carbocycles. The third-order valence-electron chi connectivity index (χ3n) is 3.90. The second-order valence-corrected chi connectivity index (χ2v) is 6.06. The van der Waals surface area contributed by atoms with Crippen molar-refractivity contribution in [2.75, 3.05) is 11.5 Å². The predicted octanol–water partition coefficient (Wildman–Crippen LogP) is 6.15. The van der Waals surface area contributed by atoms with Crippen molar-refractivity contribution in [3.63, 3.8) is 0 Å². The normalized spacial score (nSPS) is 11.5. The van der Waals surface area contributed by atoms with Crippen LogP contribution in [0.1, 0.15) is 5.56 Å². The van der Waals surface area contributed by atoms with E-state index >= 15 is 0 Å². The van der Waals surface area contributed by atoms with Gasteiger partial charge >= 0.3 is 6.18 Å². The second-order valence-electron chi connectivity index (χ2n) is 6.06. The van der Waals surface area contributed by atoms with E-state index in [1.54, 1.807) is 0 Å². The Morgan fingerprint density at radius 3 is 1.58 bits per heavy atom. The molecule has 0 aliphatic rings. The number of ether oxygens (including phenoxy) is 2. The monoisotopic (exact) mass is 450 g/mol. The van der Waals surface area contributed by atoms with Gasteiger partial charge in [-0.1, -0.05) is 0 Å². The molecule has 164 valence electrons. The van der Waals surface area contributed by atoms with E-state index in [2.05, 4.69) is 0 Å². The summed E-state index contributed by atoms with van der Waals surface area (Å²) in [6, 6.07) is 2.52. The zero-order chi connectivity index (χ0) is 23.1. The highest BCUT2D eigenvalue weighted by Crippen LogP contribution is 2.44. The zero-order valence-electron chi connectivity index (χ0n) is 15.0. The van der Waals surface area contributed by atoms with Gasteiger partial charge in [-0.15, -0.1) is 0 Å². The van der Waals surface area contributed by atoms with E-state index < -0.39 is 75.2 Å². The summed E-state index contributed by atoms with van der Waals surface area (Å²) in [7, 11) is 0.